The fourth-order valence-electron chi connectivity index (χ4n) is 6.06. The summed E-state index contributed by atoms with van der Waals surface area (Å²) in [6.07, 6.45) is 0.338. The van der Waals surface area contributed by atoms with Crippen LogP contribution >= 0.6 is 11.6 Å². The number of carbonyl (C=O) groups is 1. The predicted octanol–water partition coefficient (Wildman–Crippen LogP) is 7.67. The molecule has 0 unspecified atom stereocenters. The summed E-state index contributed by atoms with van der Waals surface area (Å²) < 4.78 is 41.7. The minimum Gasteiger partial charge on any atom is -0.482 e. The number of hydrogen-bond acceptors (Lipinski definition) is 5. The lowest BCUT2D eigenvalue weighted by molar-refractivity contribution is -0.139. The molecule has 0 amide bonds. The van der Waals surface area contributed by atoms with Gasteiger partial charge in [0, 0.05) is 36.0 Å². The average molecular weight is 660 g/mol. The Hall–Kier alpha value is -3.95. The van der Waals surface area contributed by atoms with Crippen LogP contribution in [0.15, 0.2) is 120 Å². The third-order valence-electron chi connectivity index (χ3n) is 8.45. The van der Waals surface area contributed by atoms with Crippen LogP contribution in [0.2, 0.25) is 5.02 Å². The van der Waals surface area contributed by atoms with E-state index in [9.17, 15) is 18.3 Å². The van der Waals surface area contributed by atoms with E-state index in [2.05, 4.69) is 18.7 Å². The van der Waals surface area contributed by atoms with Crippen molar-refractivity contribution < 1.29 is 27.8 Å². The number of carboxylic acid groups (broad SMARTS) is 1. The number of carboxylic acids is 1. The van der Waals surface area contributed by atoms with Crippen LogP contribution in [-0.2, 0) is 32.5 Å². The first-order valence-corrected chi connectivity index (χ1v) is 16.9. The molecule has 1 fully saturated rings. The molecule has 1 N–H and O–H groups in total. The summed E-state index contributed by atoms with van der Waals surface area (Å²) in [6.45, 7) is 5.83. The Bertz CT molecular complexity index is 1760. The van der Waals surface area contributed by atoms with Gasteiger partial charge in [-0.25, -0.2) is 13.2 Å². The van der Waals surface area contributed by atoms with E-state index < -0.39 is 28.7 Å². The second-order valence-electron chi connectivity index (χ2n) is 11.8. The van der Waals surface area contributed by atoms with Gasteiger partial charge in [0.25, 0.3) is 0 Å². The molecule has 0 spiro atoms. The topological polar surface area (TPSA) is 93.1 Å². The number of ether oxygens (including phenoxy) is 2. The number of sulfonamides is 1. The van der Waals surface area contributed by atoms with Gasteiger partial charge in [0.05, 0.1) is 17.1 Å². The van der Waals surface area contributed by atoms with Gasteiger partial charge in [0.15, 0.2) is 6.61 Å². The second kappa shape index (κ2) is 14.6. The number of nitrogens with zero attached hydrogens (tertiary/aromatic N) is 1. The van der Waals surface area contributed by atoms with E-state index in [0.29, 0.717) is 23.4 Å². The Morgan fingerprint density at radius 2 is 1.61 bits per heavy atom. The van der Waals surface area contributed by atoms with Crippen LogP contribution in [0.3, 0.4) is 0 Å². The Morgan fingerprint density at radius 3 is 2.22 bits per heavy atom. The quantitative estimate of drug-likeness (QED) is 0.157. The summed E-state index contributed by atoms with van der Waals surface area (Å²) in [7, 11) is -2.39. The summed E-state index contributed by atoms with van der Waals surface area (Å²) in [5, 5.41) is 10.1. The molecular weight excluding hydrogens is 622 g/mol. The lowest BCUT2D eigenvalue weighted by atomic mass is 9.74. The van der Waals surface area contributed by atoms with Crippen molar-refractivity contribution in [2.45, 2.75) is 49.3 Å². The predicted molar refractivity (Wildman–Crippen MR) is 180 cm³/mol. The molecule has 0 bridgehead atoms. The van der Waals surface area contributed by atoms with Gasteiger partial charge < -0.3 is 14.6 Å². The molecule has 240 valence electrons. The molecule has 5 rings (SSSR count). The van der Waals surface area contributed by atoms with Crippen LogP contribution in [0.4, 0.5) is 0 Å². The number of aliphatic carboxylic acids is 1. The normalized spacial score (nSPS) is 19.9. The van der Waals surface area contributed by atoms with E-state index in [1.165, 1.54) is 23.5 Å². The SMILES string of the molecule is C=C(C)[C@@H]1C[C@@H](c2ccc(Cl)cc2)[C@@H](Cc2ccccc2)O[C@H]1c1cc(S(=O)(=O)N(C)Cc2ccccc2)ccc1OCC(=O)O. The molecular formula is C37H38ClNO6S. The highest BCUT2D eigenvalue weighted by Gasteiger charge is 2.41. The molecule has 1 heterocycles. The molecule has 0 saturated carbocycles. The zero-order valence-corrected chi connectivity index (χ0v) is 27.5. The number of halogens is 1. The van der Waals surface area contributed by atoms with Gasteiger partial charge in [0.1, 0.15) is 5.75 Å². The van der Waals surface area contributed by atoms with E-state index in [-0.39, 0.29) is 35.1 Å². The third kappa shape index (κ3) is 7.88. The van der Waals surface area contributed by atoms with Gasteiger partial charge >= 0.3 is 5.97 Å². The summed E-state index contributed by atoms with van der Waals surface area (Å²) in [5.41, 5.74) is 4.36. The Morgan fingerprint density at radius 1 is 0.978 bits per heavy atom. The monoisotopic (exact) mass is 659 g/mol. The molecule has 0 aliphatic carbocycles. The van der Waals surface area contributed by atoms with Gasteiger partial charge in [-0.2, -0.15) is 4.31 Å². The van der Waals surface area contributed by atoms with E-state index >= 15 is 0 Å². The third-order valence-corrected chi connectivity index (χ3v) is 10.5. The molecule has 7 nitrogen and oxygen atoms in total. The van der Waals surface area contributed by atoms with Crippen molar-refractivity contribution in [1.29, 1.82) is 0 Å². The van der Waals surface area contributed by atoms with E-state index in [4.69, 9.17) is 21.1 Å². The summed E-state index contributed by atoms with van der Waals surface area (Å²) >= 11 is 6.23. The first-order valence-electron chi connectivity index (χ1n) is 15.1. The first-order chi connectivity index (χ1) is 22.0. The number of hydrogen-bond donors (Lipinski definition) is 1. The Labute approximate surface area is 276 Å². The highest BCUT2D eigenvalue weighted by atomic mass is 35.5. The van der Waals surface area contributed by atoms with Crippen molar-refractivity contribution in [2.24, 2.45) is 5.92 Å². The van der Waals surface area contributed by atoms with Gasteiger partial charge in [-0.3, -0.25) is 0 Å². The van der Waals surface area contributed by atoms with Crippen LogP contribution in [0.1, 0.15) is 47.6 Å². The van der Waals surface area contributed by atoms with Crippen LogP contribution in [0.5, 0.6) is 5.75 Å². The molecule has 9 heteroatoms. The van der Waals surface area contributed by atoms with Crippen molar-refractivity contribution in [3.63, 3.8) is 0 Å². The van der Waals surface area contributed by atoms with Crippen molar-refractivity contribution in [3.8, 4) is 5.75 Å². The van der Waals surface area contributed by atoms with Gasteiger partial charge in [-0.1, -0.05) is 96.5 Å². The smallest absolute Gasteiger partial charge is 0.341 e. The largest absolute Gasteiger partial charge is 0.482 e. The molecule has 0 aromatic heterocycles. The van der Waals surface area contributed by atoms with Gasteiger partial charge in [0.2, 0.25) is 10.0 Å². The average Bonchev–Trinajstić information content (AvgIpc) is 3.04. The Kier molecular flexibility index (Phi) is 10.6. The van der Waals surface area contributed by atoms with Crippen LogP contribution in [-0.4, -0.2) is 43.6 Å². The highest BCUT2D eigenvalue weighted by molar-refractivity contribution is 7.89. The minimum atomic E-state index is -3.93. The zero-order valence-electron chi connectivity index (χ0n) is 25.9. The summed E-state index contributed by atoms with van der Waals surface area (Å²) in [4.78, 5) is 11.6. The second-order valence-corrected chi connectivity index (χ2v) is 14.2. The van der Waals surface area contributed by atoms with Crippen LogP contribution < -0.4 is 4.74 Å². The first kappa shape index (κ1) is 33.4. The minimum absolute atomic E-state index is 0.0114. The molecule has 4 aromatic carbocycles. The van der Waals surface area contributed by atoms with Gasteiger partial charge in [-0.05, 0) is 66.8 Å². The molecule has 1 aliphatic heterocycles. The summed E-state index contributed by atoms with van der Waals surface area (Å²) in [6, 6.07) is 31.7. The van der Waals surface area contributed by atoms with Crippen molar-refractivity contribution in [1.82, 2.24) is 4.31 Å². The zero-order chi connectivity index (χ0) is 32.8. The maximum atomic E-state index is 13.9. The molecule has 4 atom stereocenters. The molecule has 0 radical (unpaired) electrons. The maximum absolute atomic E-state index is 13.9. The molecule has 4 aromatic rings. The van der Waals surface area contributed by atoms with E-state index in [1.54, 1.807) is 6.07 Å². The fourth-order valence-corrected chi connectivity index (χ4v) is 7.38. The van der Waals surface area contributed by atoms with Crippen molar-refractivity contribution in [3.05, 3.63) is 143 Å². The molecule has 46 heavy (non-hydrogen) atoms. The Balaban J connectivity index is 1.57. The standard InChI is InChI=1S/C37H38ClNO6S/c1-25(2)31-22-32(28-14-16-29(38)17-15-28)35(20-26-10-6-4-7-11-26)45-37(31)33-21-30(18-19-34(33)44-24-36(40)41)46(42,43)39(3)23-27-12-8-5-9-13-27/h4-19,21,31-32,35,37H,1,20,22-24H2,2-3H3,(H,40,41)/t31-,32-,35+,37+/m0/s1. The number of rotatable bonds is 12. The van der Waals surface area contributed by atoms with Crippen LogP contribution in [0, 0.1) is 5.92 Å². The summed E-state index contributed by atoms with van der Waals surface area (Å²) in [5.74, 6) is -1.12. The van der Waals surface area contributed by atoms with Crippen LogP contribution in [0.25, 0.3) is 0 Å². The van der Waals surface area contributed by atoms with E-state index in [1.807, 2.05) is 79.7 Å². The maximum Gasteiger partial charge on any atom is 0.341 e. The van der Waals surface area contributed by atoms with E-state index in [0.717, 1.165) is 22.3 Å². The fraction of sp³-hybridized carbons (Fsp3) is 0.270. The van der Waals surface area contributed by atoms with Crippen molar-refractivity contribution >= 4 is 27.6 Å². The highest BCUT2D eigenvalue weighted by Crippen LogP contribution is 2.49. The molecule has 1 saturated heterocycles. The lowest BCUT2D eigenvalue weighted by Gasteiger charge is -2.43. The molecule has 1 aliphatic rings. The van der Waals surface area contributed by atoms with Crippen molar-refractivity contribution in [2.75, 3.05) is 13.7 Å². The van der Waals surface area contributed by atoms with Gasteiger partial charge in [-0.15, -0.1) is 0 Å². The lowest BCUT2D eigenvalue weighted by Crippen LogP contribution is -2.37. The number of benzene rings is 4.